The zero-order valence-electron chi connectivity index (χ0n) is 15.0. The van der Waals surface area contributed by atoms with E-state index in [0.717, 1.165) is 44.9 Å². The van der Waals surface area contributed by atoms with Gasteiger partial charge in [0.2, 0.25) is 0 Å². The van der Waals surface area contributed by atoms with E-state index in [-0.39, 0.29) is 6.61 Å². The minimum absolute atomic E-state index is 0.0451. The summed E-state index contributed by atoms with van der Waals surface area (Å²) in [5, 5.41) is 9.00. The smallest absolute Gasteiger partial charge is 0.123 e. The first-order valence-electron chi connectivity index (χ1n) is 9.12. The van der Waals surface area contributed by atoms with Gasteiger partial charge in [-0.05, 0) is 31.0 Å². The van der Waals surface area contributed by atoms with Crippen molar-refractivity contribution >= 4 is 5.69 Å². The topological polar surface area (TPSA) is 35.9 Å². The number of ether oxygens (including phenoxy) is 1. The lowest BCUT2D eigenvalue weighted by Crippen LogP contribution is -2.31. The van der Waals surface area contributed by atoms with Gasteiger partial charge < -0.3 is 14.7 Å². The van der Waals surface area contributed by atoms with E-state index < -0.39 is 0 Å². The number of para-hydroxylation sites is 2. The molecular weight excluding hydrogens is 312 g/mol. The third kappa shape index (κ3) is 4.74. The van der Waals surface area contributed by atoms with E-state index in [1.165, 1.54) is 16.8 Å². The molecule has 3 rings (SSSR count). The van der Waals surface area contributed by atoms with Crippen molar-refractivity contribution in [2.45, 2.75) is 19.9 Å². The van der Waals surface area contributed by atoms with Crippen LogP contribution in [0.2, 0.25) is 0 Å². The Morgan fingerprint density at radius 2 is 1.76 bits per heavy atom. The third-order valence-electron chi connectivity index (χ3n) is 4.76. The molecule has 0 spiro atoms. The second kappa shape index (κ2) is 8.88. The van der Waals surface area contributed by atoms with Crippen LogP contribution >= 0.6 is 0 Å². The van der Waals surface area contributed by atoms with Crippen LogP contribution in [0.15, 0.2) is 48.5 Å². The molecular formula is C21H28N2O2. The van der Waals surface area contributed by atoms with E-state index in [0.29, 0.717) is 6.61 Å². The van der Waals surface area contributed by atoms with Crippen LogP contribution in [0.3, 0.4) is 0 Å². The van der Waals surface area contributed by atoms with Crippen LogP contribution in [-0.2, 0) is 6.54 Å². The monoisotopic (exact) mass is 340 g/mol. The molecule has 4 heteroatoms. The van der Waals surface area contributed by atoms with Gasteiger partial charge in [0.25, 0.3) is 0 Å². The van der Waals surface area contributed by atoms with Gasteiger partial charge >= 0.3 is 0 Å². The fourth-order valence-corrected chi connectivity index (χ4v) is 3.46. The zero-order valence-corrected chi connectivity index (χ0v) is 15.0. The number of rotatable bonds is 6. The van der Waals surface area contributed by atoms with Crippen molar-refractivity contribution in [2.24, 2.45) is 0 Å². The number of aliphatic hydroxyl groups excluding tert-OH is 1. The molecule has 0 aliphatic carbocycles. The SMILES string of the molecule is Cc1ccccc1N1CCCN(Cc2ccccc2OCCO)CC1. The standard InChI is InChI=1S/C21H28N2O2/c1-18-7-2-4-9-20(18)23-12-6-11-22(13-14-23)17-19-8-3-5-10-21(19)25-16-15-24/h2-5,7-10,24H,6,11-17H2,1H3. The highest BCUT2D eigenvalue weighted by atomic mass is 16.5. The van der Waals surface area contributed by atoms with Gasteiger partial charge in [0.1, 0.15) is 12.4 Å². The van der Waals surface area contributed by atoms with Crippen molar-refractivity contribution in [1.82, 2.24) is 4.90 Å². The van der Waals surface area contributed by atoms with Gasteiger partial charge in [-0.2, -0.15) is 0 Å². The van der Waals surface area contributed by atoms with Gasteiger partial charge in [0.05, 0.1) is 6.61 Å². The van der Waals surface area contributed by atoms with Crippen molar-refractivity contribution in [2.75, 3.05) is 44.3 Å². The Bertz CT molecular complexity index is 674. The first kappa shape index (κ1) is 17.8. The molecule has 1 aliphatic rings. The Hall–Kier alpha value is -2.04. The summed E-state index contributed by atoms with van der Waals surface area (Å²) in [6.45, 7) is 7.76. The van der Waals surface area contributed by atoms with Gasteiger partial charge in [-0.15, -0.1) is 0 Å². The summed E-state index contributed by atoms with van der Waals surface area (Å²) in [4.78, 5) is 5.00. The summed E-state index contributed by atoms with van der Waals surface area (Å²) in [6.07, 6.45) is 1.16. The van der Waals surface area contributed by atoms with Crippen molar-refractivity contribution in [1.29, 1.82) is 0 Å². The minimum Gasteiger partial charge on any atom is -0.491 e. The number of aryl methyl sites for hydroxylation is 1. The van der Waals surface area contributed by atoms with Crippen molar-refractivity contribution in [3.63, 3.8) is 0 Å². The van der Waals surface area contributed by atoms with Crippen LogP contribution in [-0.4, -0.2) is 49.4 Å². The molecule has 0 aromatic heterocycles. The molecule has 1 N–H and O–H groups in total. The summed E-state index contributed by atoms with van der Waals surface area (Å²) < 4.78 is 5.68. The Kier molecular flexibility index (Phi) is 6.31. The van der Waals surface area contributed by atoms with E-state index in [2.05, 4.69) is 53.1 Å². The Morgan fingerprint density at radius 1 is 0.960 bits per heavy atom. The van der Waals surface area contributed by atoms with E-state index >= 15 is 0 Å². The molecule has 4 nitrogen and oxygen atoms in total. The lowest BCUT2D eigenvalue weighted by atomic mass is 10.2. The number of hydrogen-bond acceptors (Lipinski definition) is 4. The summed E-state index contributed by atoms with van der Waals surface area (Å²) >= 11 is 0. The van der Waals surface area contributed by atoms with Gasteiger partial charge in [-0.1, -0.05) is 36.4 Å². The number of hydrogen-bond donors (Lipinski definition) is 1. The van der Waals surface area contributed by atoms with Gasteiger partial charge in [-0.25, -0.2) is 0 Å². The first-order valence-corrected chi connectivity index (χ1v) is 9.12. The average Bonchev–Trinajstić information content (AvgIpc) is 2.87. The molecule has 0 radical (unpaired) electrons. The van der Waals surface area contributed by atoms with Crippen molar-refractivity contribution < 1.29 is 9.84 Å². The molecule has 1 saturated heterocycles. The molecule has 0 unspecified atom stereocenters. The zero-order chi connectivity index (χ0) is 17.5. The maximum Gasteiger partial charge on any atom is 0.123 e. The highest BCUT2D eigenvalue weighted by molar-refractivity contribution is 5.53. The molecule has 1 fully saturated rings. The van der Waals surface area contributed by atoms with Crippen molar-refractivity contribution in [3.8, 4) is 5.75 Å². The van der Waals surface area contributed by atoms with Crippen LogP contribution in [0.25, 0.3) is 0 Å². The normalized spacial score (nSPS) is 15.8. The van der Waals surface area contributed by atoms with Crippen LogP contribution in [0.4, 0.5) is 5.69 Å². The summed E-state index contributed by atoms with van der Waals surface area (Å²) in [5.74, 6) is 0.886. The average molecular weight is 340 g/mol. The predicted octanol–water partition coefficient (Wildman–Crippen LogP) is 3.08. The number of anilines is 1. The lowest BCUT2D eigenvalue weighted by molar-refractivity contribution is 0.197. The van der Waals surface area contributed by atoms with Crippen molar-refractivity contribution in [3.05, 3.63) is 59.7 Å². The molecule has 2 aromatic carbocycles. The largest absolute Gasteiger partial charge is 0.491 e. The number of nitrogens with zero attached hydrogens (tertiary/aromatic N) is 2. The molecule has 0 atom stereocenters. The van der Waals surface area contributed by atoms with Gasteiger partial charge in [0, 0.05) is 44.0 Å². The lowest BCUT2D eigenvalue weighted by Gasteiger charge is -2.25. The van der Waals surface area contributed by atoms with Gasteiger partial charge in [-0.3, -0.25) is 4.90 Å². The molecule has 0 bridgehead atoms. The predicted molar refractivity (Wildman–Crippen MR) is 102 cm³/mol. The third-order valence-corrected chi connectivity index (χ3v) is 4.76. The van der Waals surface area contributed by atoms with E-state index in [1.807, 2.05) is 12.1 Å². The number of benzene rings is 2. The Morgan fingerprint density at radius 3 is 2.60 bits per heavy atom. The quantitative estimate of drug-likeness (QED) is 0.877. The fraction of sp³-hybridized carbons (Fsp3) is 0.429. The van der Waals surface area contributed by atoms with Crippen LogP contribution < -0.4 is 9.64 Å². The highest BCUT2D eigenvalue weighted by Gasteiger charge is 2.17. The van der Waals surface area contributed by atoms with E-state index in [9.17, 15) is 0 Å². The minimum atomic E-state index is 0.0451. The summed E-state index contributed by atoms with van der Waals surface area (Å²) in [6, 6.07) is 16.8. The second-order valence-corrected chi connectivity index (χ2v) is 6.58. The van der Waals surface area contributed by atoms with Crippen LogP contribution in [0, 0.1) is 6.92 Å². The second-order valence-electron chi connectivity index (χ2n) is 6.58. The molecule has 1 heterocycles. The Labute approximate surface area is 150 Å². The molecule has 134 valence electrons. The maximum absolute atomic E-state index is 9.00. The molecule has 0 amide bonds. The molecule has 25 heavy (non-hydrogen) atoms. The molecule has 1 aliphatic heterocycles. The Balaban J connectivity index is 1.63. The summed E-state index contributed by atoms with van der Waals surface area (Å²) in [7, 11) is 0. The molecule has 0 saturated carbocycles. The van der Waals surface area contributed by atoms with E-state index in [4.69, 9.17) is 9.84 Å². The van der Waals surface area contributed by atoms with Gasteiger partial charge in [0.15, 0.2) is 0 Å². The maximum atomic E-state index is 9.00. The first-order chi connectivity index (χ1) is 12.3. The van der Waals surface area contributed by atoms with E-state index in [1.54, 1.807) is 0 Å². The van der Waals surface area contributed by atoms with Crippen LogP contribution in [0.5, 0.6) is 5.75 Å². The molecule has 2 aromatic rings. The summed E-state index contributed by atoms with van der Waals surface area (Å²) in [5.41, 5.74) is 3.90. The van der Waals surface area contributed by atoms with Crippen LogP contribution in [0.1, 0.15) is 17.5 Å². The number of aliphatic hydroxyl groups is 1. The fourth-order valence-electron chi connectivity index (χ4n) is 3.46. The highest BCUT2D eigenvalue weighted by Crippen LogP contribution is 2.23.